The zero-order chi connectivity index (χ0) is 39.3. The number of unbranched alkanes of at least 4 members (excludes halogenated alkanes) is 1. The molecule has 6 heterocycles. The molecule has 0 saturated heterocycles. The van der Waals surface area contributed by atoms with Crippen molar-refractivity contribution < 1.29 is 22.3 Å². The molecular weight excluding hydrogens is 718 g/mol. The minimum Gasteiger partial charge on any atom is -0.309 e. The molecule has 0 N–H and O–H groups in total. The molecule has 0 saturated carbocycles. The van der Waals surface area contributed by atoms with E-state index >= 15 is 0 Å². The summed E-state index contributed by atoms with van der Waals surface area (Å²) in [5.41, 5.74) is 8.55. The van der Waals surface area contributed by atoms with Crippen LogP contribution in [0.4, 0.5) is 13.2 Å². The largest absolute Gasteiger partial charge is 0.453 e. The molecule has 0 aliphatic carbocycles. The van der Waals surface area contributed by atoms with Crippen LogP contribution >= 0.6 is 0 Å². The molecule has 4 aromatic heterocycles. The van der Waals surface area contributed by atoms with Crippen LogP contribution in [-0.4, -0.2) is 19.3 Å². The number of hydrogen-bond donors (Lipinski definition) is 0. The molecule has 2 aliphatic heterocycles. The fraction of sp³-hybridized carbons (Fsp3) is 0.292. The highest BCUT2D eigenvalue weighted by atomic mass is 19.4. The van der Waals surface area contributed by atoms with E-state index in [-0.39, 0.29) is 11.9 Å². The number of pyridine rings is 2. The average Bonchev–Trinajstić information content (AvgIpc) is 3.93. The number of halogens is 3. The topological polar surface area (TPSA) is 43.4 Å². The molecule has 9 heteroatoms. The Morgan fingerprint density at radius 2 is 1.60 bits per heavy atom. The second-order valence-electron chi connectivity index (χ2n) is 16.1. The maximum absolute atomic E-state index is 14.4. The molecular formula is C48H45F3N6+2. The van der Waals surface area contributed by atoms with Gasteiger partial charge in [0.25, 0.3) is 11.5 Å². The van der Waals surface area contributed by atoms with Crippen LogP contribution in [-0.2, 0) is 23.7 Å². The lowest BCUT2D eigenvalue weighted by atomic mass is 9.68. The lowest BCUT2D eigenvalue weighted by Crippen LogP contribution is -2.72. The van der Waals surface area contributed by atoms with Gasteiger partial charge in [0.2, 0.25) is 17.0 Å². The number of nitrogens with zero attached hydrogens (tertiary/aromatic N) is 6. The molecule has 4 aromatic carbocycles. The smallest absolute Gasteiger partial charge is 0.309 e. The van der Waals surface area contributed by atoms with Crippen molar-refractivity contribution in [1.29, 1.82) is 0 Å². The van der Waals surface area contributed by atoms with Gasteiger partial charge in [0.1, 0.15) is 5.54 Å². The Morgan fingerprint density at radius 1 is 0.789 bits per heavy atom. The number of hydrogen-bond acceptors (Lipinski definition) is 2. The van der Waals surface area contributed by atoms with Gasteiger partial charge in [0.05, 0.1) is 23.0 Å². The fourth-order valence-corrected chi connectivity index (χ4v) is 10.5. The summed E-state index contributed by atoms with van der Waals surface area (Å²) in [5.74, 6) is -0.860. The fourth-order valence-electron chi connectivity index (χ4n) is 10.5. The number of aromatic nitrogens is 6. The number of alkyl halides is 3. The second kappa shape index (κ2) is 12.8. The molecule has 2 aliphatic rings. The minimum absolute atomic E-state index is 0.150. The van der Waals surface area contributed by atoms with Gasteiger partial charge in [0.15, 0.2) is 17.8 Å². The molecule has 286 valence electrons. The number of benzene rings is 4. The molecule has 0 radical (unpaired) electrons. The minimum atomic E-state index is -4.67. The van der Waals surface area contributed by atoms with Crippen molar-refractivity contribution in [2.45, 2.75) is 89.5 Å². The van der Waals surface area contributed by atoms with Crippen LogP contribution in [0.3, 0.4) is 0 Å². The Morgan fingerprint density at radius 3 is 2.40 bits per heavy atom. The summed E-state index contributed by atoms with van der Waals surface area (Å²) >= 11 is 0. The first kappa shape index (κ1) is 35.6. The SMILES string of the molecule is CCCCc1cccc(-n2c3ccccc3c3c4c(ccc32)C(CC2(CC)[n+]3ccccc3-c3nc(C(F)(F)F)nn3C2(C)CC)[n+]2c-4ccc3ccccc32)c1. The van der Waals surface area contributed by atoms with E-state index in [1.807, 2.05) is 24.4 Å². The van der Waals surface area contributed by atoms with Crippen LogP contribution in [0.5, 0.6) is 0 Å². The monoisotopic (exact) mass is 762 g/mol. The van der Waals surface area contributed by atoms with Crippen molar-refractivity contribution >= 4 is 32.7 Å². The molecule has 0 amide bonds. The maximum atomic E-state index is 14.4. The van der Waals surface area contributed by atoms with Gasteiger partial charge in [-0.05, 0) is 80.3 Å². The molecule has 6 nitrogen and oxygen atoms in total. The summed E-state index contributed by atoms with van der Waals surface area (Å²) in [6.07, 6.45) is 2.51. The molecule has 57 heavy (non-hydrogen) atoms. The number of para-hydroxylation sites is 2. The van der Waals surface area contributed by atoms with Gasteiger partial charge in [-0.1, -0.05) is 69.7 Å². The van der Waals surface area contributed by atoms with E-state index in [2.05, 4.69) is 149 Å². The first-order chi connectivity index (χ1) is 27.6. The van der Waals surface area contributed by atoms with E-state index in [0.29, 0.717) is 25.0 Å². The highest BCUT2D eigenvalue weighted by molar-refractivity contribution is 6.16. The Balaban J connectivity index is 1.25. The highest BCUT2D eigenvalue weighted by Gasteiger charge is 2.64. The predicted molar refractivity (Wildman–Crippen MR) is 218 cm³/mol. The molecule has 0 fully saturated rings. The first-order valence-electron chi connectivity index (χ1n) is 20.3. The van der Waals surface area contributed by atoms with E-state index in [1.54, 1.807) is 4.68 Å². The average molecular weight is 763 g/mol. The predicted octanol–water partition coefficient (Wildman–Crippen LogP) is 11.0. The normalized spacial score (nSPS) is 19.9. The van der Waals surface area contributed by atoms with E-state index in [4.69, 9.17) is 0 Å². The van der Waals surface area contributed by atoms with Crippen LogP contribution in [0.2, 0.25) is 0 Å². The van der Waals surface area contributed by atoms with Crippen molar-refractivity contribution in [3.05, 3.63) is 138 Å². The van der Waals surface area contributed by atoms with E-state index in [1.165, 1.54) is 27.5 Å². The van der Waals surface area contributed by atoms with Crippen LogP contribution in [0.25, 0.3) is 61.2 Å². The Bertz CT molecular complexity index is 2890. The highest BCUT2D eigenvalue weighted by Crippen LogP contribution is 2.52. The van der Waals surface area contributed by atoms with E-state index in [0.717, 1.165) is 52.6 Å². The summed E-state index contributed by atoms with van der Waals surface area (Å²) in [5, 5.41) is 7.82. The number of rotatable bonds is 8. The van der Waals surface area contributed by atoms with Crippen molar-refractivity contribution in [2.24, 2.45) is 0 Å². The van der Waals surface area contributed by atoms with Gasteiger partial charge < -0.3 is 4.57 Å². The van der Waals surface area contributed by atoms with Gasteiger partial charge in [-0.2, -0.15) is 27.3 Å². The standard InChI is InChI=1S/C48H45F3N6/c1-5-8-16-31-17-15-19-33(29-31)55-37-22-12-10-20-34(37)42-38(55)27-25-35-41(56-36-21-11-9-18-32(36)24-26-39(56)43(35)42)30-47(7-3)46(4,6-2)57-44(40-23-13-14-28-54(40)47)52-45(53-57)48(49,50)51/h9-15,17-29,41H,5-8,16,30H2,1-4H3/q+2. The number of fused-ring (bicyclic) bond motifs is 12. The second-order valence-corrected chi connectivity index (χ2v) is 16.1. The quantitative estimate of drug-likeness (QED) is 0.145. The van der Waals surface area contributed by atoms with E-state index in [9.17, 15) is 13.2 Å². The van der Waals surface area contributed by atoms with Crippen LogP contribution in [0.15, 0.2) is 121 Å². The van der Waals surface area contributed by atoms with Gasteiger partial charge >= 0.3 is 6.18 Å². The van der Waals surface area contributed by atoms with Crippen molar-refractivity contribution in [1.82, 2.24) is 19.3 Å². The van der Waals surface area contributed by atoms with Crippen LogP contribution in [0.1, 0.15) is 82.8 Å². The molecule has 3 unspecified atom stereocenters. The summed E-state index contributed by atoms with van der Waals surface area (Å²) in [7, 11) is 0. The molecule has 8 aromatic rings. The molecule has 0 bridgehead atoms. The van der Waals surface area contributed by atoms with Gasteiger partial charge in [0, 0.05) is 58.1 Å². The zero-order valence-corrected chi connectivity index (χ0v) is 32.7. The molecule has 10 rings (SSSR count). The zero-order valence-electron chi connectivity index (χ0n) is 32.7. The Hall–Kier alpha value is -5.83. The third-order valence-corrected chi connectivity index (χ3v) is 13.3. The molecule has 0 spiro atoms. The summed E-state index contributed by atoms with van der Waals surface area (Å²) < 4.78 is 51.8. The number of aryl methyl sites for hydroxylation is 1. The molecule has 3 atom stereocenters. The van der Waals surface area contributed by atoms with Gasteiger partial charge in [-0.25, -0.2) is 4.68 Å². The van der Waals surface area contributed by atoms with Gasteiger partial charge in [-0.3, -0.25) is 0 Å². The van der Waals surface area contributed by atoms with Crippen molar-refractivity contribution in [3.8, 4) is 28.5 Å². The third kappa shape index (κ3) is 4.96. The lowest BCUT2D eigenvalue weighted by molar-refractivity contribution is -0.786. The Kier molecular flexibility index (Phi) is 8.02. The van der Waals surface area contributed by atoms with Gasteiger partial charge in [-0.15, -0.1) is 5.10 Å². The van der Waals surface area contributed by atoms with E-state index < -0.39 is 23.1 Å². The van der Waals surface area contributed by atoms with Crippen molar-refractivity contribution in [3.63, 3.8) is 0 Å². The lowest BCUT2D eigenvalue weighted by Gasteiger charge is -2.46. The summed E-state index contributed by atoms with van der Waals surface area (Å²) in [4.78, 5) is 4.16. The van der Waals surface area contributed by atoms with Crippen LogP contribution < -0.4 is 9.13 Å². The summed E-state index contributed by atoms with van der Waals surface area (Å²) in [6, 6.07) is 40.9. The third-order valence-electron chi connectivity index (χ3n) is 13.3. The Labute approximate surface area is 329 Å². The maximum Gasteiger partial charge on any atom is 0.453 e. The first-order valence-corrected chi connectivity index (χ1v) is 20.3. The van der Waals surface area contributed by atoms with Crippen molar-refractivity contribution in [2.75, 3.05) is 0 Å². The van der Waals surface area contributed by atoms with Crippen LogP contribution in [0, 0.1) is 0 Å². The summed E-state index contributed by atoms with van der Waals surface area (Å²) in [6.45, 7) is 8.54.